The topological polar surface area (TPSA) is 58.6 Å². The van der Waals surface area contributed by atoms with Gasteiger partial charge < -0.3 is 15.2 Å². The summed E-state index contributed by atoms with van der Waals surface area (Å²) >= 11 is 1.90. The molecule has 0 aromatic heterocycles. The Morgan fingerprint density at radius 3 is 2.58 bits per heavy atom. The number of thioether (sulfide) groups is 1. The second kappa shape index (κ2) is 8.37. The molecule has 0 aliphatic heterocycles. The van der Waals surface area contributed by atoms with Crippen LogP contribution < -0.4 is 5.32 Å². The number of hydrogen-bond acceptors (Lipinski definition) is 4. The van der Waals surface area contributed by atoms with Crippen molar-refractivity contribution in [3.05, 3.63) is 30.3 Å². The molecule has 1 unspecified atom stereocenters. The van der Waals surface area contributed by atoms with E-state index in [4.69, 9.17) is 9.84 Å². The highest BCUT2D eigenvalue weighted by Crippen LogP contribution is 2.40. The third-order valence-corrected chi connectivity index (χ3v) is 6.62. The first-order chi connectivity index (χ1) is 11.7. The Morgan fingerprint density at radius 1 is 1.25 bits per heavy atom. The van der Waals surface area contributed by atoms with Crippen LogP contribution in [0.4, 0.5) is 0 Å². The summed E-state index contributed by atoms with van der Waals surface area (Å²) in [6, 6.07) is 11.4. The maximum Gasteiger partial charge on any atom is 0.306 e. The molecule has 132 valence electrons. The Morgan fingerprint density at radius 2 is 1.96 bits per heavy atom. The minimum absolute atomic E-state index is 0.143. The predicted octanol–water partition coefficient (Wildman–Crippen LogP) is 3.56. The molecule has 2 saturated carbocycles. The lowest BCUT2D eigenvalue weighted by molar-refractivity contribution is -0.142. The van der Waals surface area contributed by atoms with Crippen LogP contribution in [0.1, 0.15) is 39.0 Å². The van der Waals surface area contributed by atoms with Crippen LogP contribution in [-0.4, -0.2) is 41.1 Å². The van der Waals surface area contributed by atoms with Gasteiger partial charge in [-0.15, -0.1) is 11.8 Å². The number of benzene rings is 1. The molecule has 1 aromatic rings. The van der Waals surface area contributed by atoms with E-state index in [-0.39, 0.29) is 5.92 Å². The molecule has 0 amide bonds. The molecule has 3 rings (SSSR count). The van der Waals surface area contributed by atoms with Crippen molar-refractivity contribution in [1.29, 1.82) is 0 Å². The molecule has 0 radical (unpaired) electrons. The zero-order chi connectivity index (χ0) is 16.9. The Labute approximate surface area is 148 Å². The SMILES string of the molecule is CCO[C@@H]1CC(NC2CCC(C(=O)O)CC2)[C@H]1Sc1ccccc1. The zero-order valence-corrected chi connectivity index (χ0v) is 15.0. The highest BCUT2D eigenvalue weighted by Gasteiger charge is 2.43. The standard InChI is InChI=1S/C19H27NO3S/c1-2-23-17-12-16(18(17)24-15-6-4-3-5-7-15)20-14-10-8-13(9-11-14)19(21)22/h3-7,13-14,16-18,20H,2,8-12H2,1H3,(H,21,22)/t13?,14?,16?,17-,18-/m1/s1. The lowest BCUT2D eigenvalue weighted by atomic mass is 9.83. The van der Waals surface area contributed by atoms with Gasteiger partial charge >= 0.3 is 5.97 Å². The van der Waals surface area contributed by atoms with Gasteiger partial charge in [-0.1, -0.05) is 18.2 Å². The first-order valence-electron chi connectivity index (χ1n) is 8.99. The minimum atomic E-state index is -0.633. The summed E-state index contributed by atoms with van der Waals surface area (Å²) in [5, 5.41) is 13.3. The largest absolute Gasteiger partial charge is 0.481 e. The first-order valence-corrected chi connectivity index (χ1v) is 9.87. The lowest BCUT2D eigenvalue weighted by Gasteiger charge is -2.46. The first kappa shape index (κ1) is 17.8. The number of hydrogen-bond donors (Lipinski definition) is 2. The number of carbonyl (C=O) groups is 1. The van der Waals surface area contributed by atoms with Crippen LogP contribution in [0.3, 0.4) is 0 Å². The highest BCUT2D eigenvalue weighted by molar-refractivity contribution is 8.00. The average Bonchev–Trinajstić information content (AvgIpc) is 2.60. The van der Waals surface area contributed by atoms with Crippen LogP contribution in [0.5, 0.6) is 0 Å². The van der Waals surface area contributed by atoms with E-state index in [1.165, 1.54) is 4.90 Å². The maximum atomic E-state index is 11.1. The summed E-state index contributed by atoms with van der Waals surface area (Å²) in [7, 11) is 0. The molecule has 2 N–H and O–H groups in total. The monoisotopic (exact) mass is 349 g/mol. The Hall–Kier alpha value is -1.04. The van der Waals surface area contributed by atoms with E-state index >= 15 is 0 Å². The van der Waals surface area contributed by atoms with Crippen molar-refractivity contribution >= 4 is 17.7 Å². The van der Waals surface area contributed by atoms with Crippen molar-refractivity contribution in [3.63, 3.8) is 0 Å². The number of aliphatic carboxylic acids is 1. The average molecular weight is 349 g/mol. The molecule has 2 aliphatic carbocycles. The fraction of sp³-hybridized carbons (Fsp3) is 0.632. The van der Waals surface area contributed by atoms with E-state index in [2.05, 4.69) is 36.5 Å². The number of ether oxygens (including phenoxy) is 1. The lowest BCUT2D eigenvalue weighted by Crippen LogP contribution is -2.59. The zero-order valence-electron chi connectivity index (χ0n) is 14.2. The van der Waals surface area contributed by atoms with Gasteiger partial charge in [0.1, 0.15) is 0 Å². The summed E-state index contributed by atoms with van der Waals surface area (Å²) < 4.78 is 5.89. The van der Waals surface area contributed by atoms with Gasteiger partial charge in [0.25, 0.3) is 0 Å². The fourth-order valence-electron chi connectivity index (χ4n) is 3.75. The van der Waals surface area contributed by atoms with Crippen LogP contribution in [-0.2, 0) is 9.53 Å². The summed E-state index contributed by atoms with van der Waals surface area (Å²) in [4.78, 5) is 12.4. The molecular weight excluding hydrogens is 322 g/mol. The van der Waals surface area contributed by atoms with Gasteiger partial charge in [-0.05, 0) is 51.2 Å². The van der Waals surface area contributed by atoms with E-state index in [1.807, 2.05) is 17.8 Å². The van der Waals surface area contributed by atoms with Crippen molar-refractivity contribution in [2.45, 2.75) is 67.4 Å². The van der Waals surface area contributed by atoms with Gasteiger partial charge in [-0.2, -0.15) is 0 Å². The fourth-order valence-corrected chi connectivity index (χ4v) is 5.07. The number of rotatable bonds is 7. The molecular formula is C19H27NO3S. The van der Waals surface area contributed by atoms with Crippen LogP contribution in [0.2, 0.25) is 0 Å². The third kappa shape index (κ3) is 4.32. The van der Waals surface area contributed by atoms with Gasteiger partial charge in [-0.3, -0.25) is 4.79 Å². The summed E-state index contributed by atoms with van der Waals surface area (Å²) in [6.45, 7) is 2.81. The summed E-state index contributed by atoms with van der Waals surface area (Å²) in [5.41, 5.74) is 0. The van der Waals surface area contributed by atoms with Crippen molar-refractivity contribution in [2.75, 3.05) is 6.61 Å². The third-order valence-electron chi connectivity index (χ3n) is 5.17. The van der Waals surface area contributed by atoms with Gasteiger partial charge in [0.15, 0.2) is 0 Å². The Bertz CT molecular complexity index is 531. The molecule has 0 bridgehead atoms. The van der Waals surface area contributed by atoms with E-state index in [9.17, 15) is 4.79 Å². The van der Waals surface area contributed by atoms with E-state index in [0.29, 0.717) is 23.4 Å². The molecule has 2 aliphatic rings. The smallest absolute Gasteiger partial charge is 0.306 e. The van der Waals surface area contributed by atoms with Crippen LogP contribution >= 0.6 is 11.8 Å². The van der Waals surface area contributed by atoms with Crippen molar-refractivity contribution < 1.29 is 14.6 Å². The molecule has 0 saturated heterocycles. The Balaban J connectivity index is 1.54. The Kier molecular flexibility index (Phi) is 6.19. The second-order valence-electron chi connectivity index (χ2n) is 6.78. The molecule has 1 aromatic carbocycles. The van der Waals surface area contributed by atoms with Gasteiger partial charge in [0.2, 0.25) is 0 Å². The molecule has 5 heteroatoms. The van der Waals surface area contributed by atoms with Gasteiger partial charge in [0.05, 0.1) is 17.3 Å². The molecule has 0 spiro atoms. The van der Waals surface area contributed by atoms with E-state index in [0.717, 1.165) is 38.7 Å². The summed E-state index contributed by atoms with van der Waals surface area (Å²) in [5.74, 6) is -0.777. The van der Waals surface area contributed by atoms with Gasteiger partial charge in [0, 0.05) is 23.6 Å². The van der Waals surface area contributed by atoms with E-state index in [1.54, 1.807) is 0 Å². The van der Waals surface area contributed by atoms with Crippen molar-refractivity contribution in [2.24, 2.45) is 5.92 Å². The molecule has 24 heavy (non-hydrogen) atoms. The number of carboxylic acids is 1. The minimum Gasteiger partial charge on any atom is -0.481 e. The van der Waals surface area contributed by atoms with Gasteiger partial charge in [-0.25, -0.2) is 0 Å². The van der Waals surface area contributed by atoms with Crippen LogP contribution in [0.25, 0.3) is 0 Å². The molecule has 4 nitrogen and oxygen atoms in total. The molecule has 2 fully saturated rings. The molecule has 0 heterocycles. The van der Waals surface area contributed by atoms with Crippen LogP contribution in [0, 0.1) is 5.92 Å². The summed E-state index contributed by atoms with van der Waals surface area (Å²) in [6.07, 6.45) is 4.89. The number of carboxylic acid groups (broad SMARTS) is 1. The van der Waals surface area contributed by atoms with E-state index < -0.39 is 5.97 Å². The predicted molar refractivity (Wildman–Crippen MR) is 96.4 cm³/mol. The highest BCUT2D eigenvalue weighted by atomic mass is 32.2. The van der Waals surface area contributed by atoms with Crippen LogP contribution in [0.15, 0.2) is 35.2 Å². The quantitative estimate of drug-likeness (QED) is 0.788. The van der Waals surface area contributed by atoms with Crippen molar-refractivity contribution in [3.8, 4) is 0 Å². The number of nitrogens with one attached hydrogen (secondary N) is 1. The maximum absolute atomic E-state index is 11.1. The normalized spacial score (nSPS) is 33.0. The van der Waals surface area contributed by atoms with Crippen molar-refractivity contribution in [1.82, 2.24) is 5.32 Å². The molecule has 3 atom stereocenters. The second-order valence-corrected chi connectivity index (χ2v) is 8.04.